The molecular weight excluding hydrogens is 909 g/mol. The number of hydrogen-bond donors (Lipinski definition) is 0. The fourth-order valence-corrected chi connectivity index (χ4v) is 11.8. The van der Waals surface area contributed by atoms with Gasteiger partial charge in [-0.15, -0.1) is 0 Å². The minimum Gasteiger partial charge on any atom is -0.455 e. The van der Waals surface area contributed by atoms with Gasteiger partial charge >= 0.3 is 0 Å². The minimum atomic E-state index is 0.881. The smallest absolute Gasteiger partial charge is 0.143 e. The summed E-state index contributed by atoms with van der Waals surface area (Å²) in [6.07, 6.45) is 0. The number of hydrogen-bond acceptors (Lipinski definition) is 2. The largest absolute Gasteiger partial charge is 0.455 e. The van der Waals surface area contributed by atoms with Gasteiger partial charge in [-0.3, -0.25) is 0 Å². The van der Waals surface area contributed by atoms with Crippen LogP contribution in [0.4, 0.5) is 17.1 Å². The molecular formula is C72H46N2O. The molecule has 0 N–H and O–H groups in total. The average Bonchev–Trinajstić information content (AvgIpc) is 4.05. The zero-order valence-electron chi connectivity index (χ0n) is 40.9. The molecule has 75 heavy (non-hydrogen) atoms. The molecule has 2 aromatic heterocycles. The van der Waals surface area contributed by atoms with Crippen LogP contribution in [0.1, 0.15) is 0 Å². The molecule has 0 aliphatic rings. The third-order valence-electron chi connectivity index (χ3n) is 15.4. The summed E-state index contributed by atoms with van der Waals surface area (Å²) in [5.74, 6) is 0. The van der Waals surface area contributed by atoms with E-state index >= 15 is 0 Å². The lowest BCUT2D eigenvalue weighted by molar-refractivity contribution is 0.672. The normalized spacial score (nSPS) is 11.7. The third-order valence-corrected chi connectivity index (χ3v) is 15.4. The monoisotopic (exact) mass is 954 g/mol. The molecule has 15 rings (SSSR count). The Balaban J connectivity index is 0.823. The first-order valence-electron chi connectivity index (χ1n) is 25.7. The van der Waals surface area contributed by atoms with Crippen molar-refractivity contribution >= 4 is 93.1 Å². The van der Waals surface area contributed by atoms with Crippen LogP contribution in [0.25, 0.3) is 126 Å². The van der Waals surface area contributed by atoms with E-state index in [1.54, 1.807) is 0 Å². The maximum Gasteiger partial charge on any atom is 0.143 e. The van der Waals surface area contributed by atoms with Crippen molar-refractivity contribution in [2.75, 3.05) is 4.90 Å². The number of furan rings is 1. The molecule has 3 nitrogen and oxygen atoms in total. The molecule has 0 atom stereocenters. The number of aromatic nitrogens is 1. The Labute approximate surface area is 434 Å². The molecule has 0 fully saturated rings. The standard InChI is InChI=1S/C72H46N2O/c1-4-20-60-50(14-1)36-42-65-67-46-54(37-43-71(67)75-72(60)65)59-19-7-10-25-68(59)73(56-40-34-49(35-41-56)52-16-13-17-57(44-52)74-69-26-11-8-23-63(69)64-24-9-12-27-70(64)74)55-38-32-48(33-39-55)47-28-30-51(31-29-47)66-45-53-15-2-3-18-58(53)61-21-5-6-22-62(61)66/h1-46H. The van der Waals surface area contributed by atoms with Gasteiger partial charge in [-0.1, -0.05) is 200 Å². The van der Waals surface area contributed by atoms with E-state index in [0.717, 1.165) is 77.9 Å². The molecule has 15 aromatic rings. The summed E-state index contributed by atoms with van der Waals surface area (Å²) >= 11 is 0. The maximum absolute atomic E-state index is 6.58. The summed E-state index contributed by atoms with van der Waals surface area (Å²) in [7, 11) is 0. The molecule has 0 amide bonds. The number of benzene rings is 13. The van der Waals surface area contributed by atoms with E-state index in [4.69, 9.17) is 4.42 Å². The fraction of sp³-hybridized carbons (Fsp3) is 0. The van der Waals surface area contributed by atoms with Gasteiger partial charge in [0.25, 0.3) is 0 Å². The molecule has 350 valence electrons. The lowest BCUT2D eigenvalue weighted by Crippen LogP contribution is -2.11. The van der Waals surface area contributed by atoms with Gasteiger partial charge in [0.2, 0.25) is 0 Å². The summed E-state index contributed by atoms with van der Waals surface area (Å²) in [6.45, 7) is 0. The first-order chi connectivity index (χ1) is 37.2. The van der Waals surface area contributed by atoms with Crippen LogP contribution in [0.15, 0.2) is 283 Å². The van der Waals surface area contributed by atoms with Crippen LogP contribution in [0.2, 0.25) is 0 Å². The van der Waals surface area contributed by atoms with Crippen LogP contribution in [-0.4, -0.2) is 4.57 Å². The molecule has 0 spiro atoms. The van der Waals surface area contributed by atoms with Crippen molar-refractivity contribution in [3.63, 3.8) is 0 Å². The molecule has 0 radical (unpaired) electrons. The molecule has 0 saturated heterocycles. The zero-order chi connectivity index (χ0) is 49.4. The first-order valence-corrected chi connectivity index (χ1v) is 25.7. The van der Waals surface area contributed by atoms with Crippen LogP contribution >= 0.6 is 0 Å². The van der Waals surface area contributed by atoms with Gasteiger partial charge in [0.1, 0.15) is 11.2 Å². The average molecular weight is 955 g/mol. The van der Waals surface area contributed by atoms with Crippen LogP contribution in [-0.2, 0) is 0 Å². The molecule has 0 bridgehead atoms. The molecule has 3 heteroatoms. The van der Waals surface area contributed by atoms with Crippen molar-refractivity contribution in [3.8, 4) is 50.2 Å². The highest BCUT2D eigenvalue weighted by Crippen LogP contribution is 2.45. The number of para-hydroxylation sites is 3. The van der Waals surface area contributed by atoms with E-state index in [1.807, 2.05) is 0 Å². The quantitative estimate of drug-likeness (QED) is 0.142. The highest BCUT2D eigenvalue weighted by atomic mass is 16.3. The lowest BCUT2D eigenvalue weighted by atomic mass is 9.92. The van der Waals surface area contributed by atoms with Crippen LogP contribution in [0.3, 0.4) is 0 Å². The summed E-state index contributed by atoms with van der Waals surface area (Å²) < 4.78 is 8.97. The predicted molar refractivity (Wildman–Crippen MR) is 317 cm³/mol. The molecule has 2 heterocycles. The van der Waals surface area contributed by atoms with E-state index in [0.29, 0.717) is 0 Å². The van der Waals surface area contributed by atoms with Gasteiger partial charge in [-0.05, 0) is 145 Å². The number of fused-ring (bicyclic) bond motifs is 11. The maximum atomic E-state index is 6.58. The second kappa shape index (κ2) is 17.4. The topological polar surface area (TPSA) is 21.3 Å². The third kappa shape index (κ3) is 7.12. The molecule has 0 saturated carbocycles. The Morgan fingerprint density at radius 1 is 0.280 bits per heavy atom. The van der Waals surface area contributed by atoms with Gasteiger partial charge in [0, 0.05) is 49.6 Å². The van der Waals surface area contributed by atoms with Crippen LogP contribution < -0.4 is 4.90 Å². The summed E-state index contributed by atoms with van der Waals surface area (Å²) in [4.78, 5) is 2.40. The number of rotatable bonds is 8. The van der Waals surface area contributed by atoms with E-state index < -0.39 is 0 Å². The lowest BCUT2D eigenvalue weighted by Gasteiger charge is -2.28. The van der Waals surface area contributed by atoms with Crippen molar-refractivity contribution in [3.05, 3.63) is 279 Å². The van der Waals surface area contributed by atoms with Crippen molar-refractivity contribution in [1.82, 2.24) is 4.57 Å². The van der Waals surface area contributed by atoms with Crippen LogP contribution in [0, 0.1) is 0 Å². The predicted octanol–water partition coefficient (Wildman–Crippen LogP) is 20.3. The summed E-state index contributed by atoms with van der Waals surface area (Å²) in [5.41, 5.74) is 17.9. The van der Waals surface area contributed by atoms with Gasteiger partial charge in [0.15, 0.2) is 0 Å². The van der Waals surface area contributed by atoms with Crippen molar-refractivity contribution < 1.29 is 4.42 Å². The first kappa shape index (κ1) is 42.7. The van der Waals surface area contributed by atoms with Gasteiger partial charge < -0.3 is 13.9 Å². The van der Waals surface area contributed by atoms with Gasteiger partial charge in [-0.25, -0.2) is 0 Å². The minimum absolute atomic E-state index is 0.881. The second-order valence-electron chi connectivity index (χ2n) is 19.6. The second-order valence-corrected chi connectivity index (χ2v) is 19.6. The fourth-order valence-electron chi connectivity index (χ4n) is 11.8. The Morgan fingerprint density at radius 2 is 0.827 bits per heavy atom. The van der Waals surface area contributed by atoms with E-state index in [1.165, 1.54) is 65.4 Å². The highest BCUT2D eigenvalue weighted by Gasteiger charge is 2.20. The molecule has 0 unspecified atom stereocenters. The summed E-state index contributed by atoms with van der Waals surface area (Å²) in [5, 5.41) is 12.1. The zero-order valence-corrected chi connectivity index (χ0v) is 40.9. The molecule has 0 aliphatic carbocycles. The van der Waals surface area contributed by atoms with E-state index in [-0.39, 0.29) is 0 Å². The Hall–Kier alpha value is -9.96. The van der Waals surface area contributed by atoms with Crippen molar-refractivity contribution in [1.29, 1.82) is 0 Å². The Kier molecular flexibility index (Phi) is 9.89. The van der Waals surface area contributed by atoms with Crippen molar-refractivity contribution in [2.45, 2.75) is 0 Å². The van der Waals surface area contributed by atoms with E-state index in [9.17, 15) is 0 Å². The van der Waals surface area contributed by atoms with Gasteiger partial charge in [0.05, 0.1) is 16.7 Å². The highest BCUT2D eigenvalue weighted by molar-refractivity contribution is 6.16. The summed E-state index contributed by atoms with van der Waals surface area (Å²) in [6, 6.07) is 101. The van der Waals surface area contributed by atoms with Crippen molar-refractivity contribution in [2.24, 2.45) is 0 Å². The number of anilines is 3. The van der Waals surface area contributed by atoms with Crippen LogP contribution in [0.5, 0.6) is 0 Å². The van der Waals surface area contributed by atoms with E-state index in [2.05, 4.69) is 289 Å². The SMILES string of the molecule is c1cc(-c2ccc(N(c3ccc(-c4ccc(-c5cc6ccccc6c6ccccc56)cc4)cc3)c3ccccc3-c3ccc4oc5c6ccccc6ccc5c4c3)cc2)cc(-n2c3ccccc3c3ccccc32)c1. The Morgan fingerprint density at radius 3 is 1.55 bits per heavy atom. The van der Waals surface area contributed by atoms with Gasteiger partial charge in [-0.2, -0.15) is 0 Å². The Bertz CT molecular complexity index is 4640. The number of nitrogens with zero attached hydrogens (tertiary/aromatic N) is 2. The molecule has 0 aliphatic heterocycles. The molecule has 13 aromatic carbocycles.